The number of fused-ring (bicyclic) bond motifs is 1. The standard InChI is InChI=1S/C13H17NO3S/c1-14(2)13(15)9-18-10-4-5-11-12(8-10)17-7-3-6-16-11/h4-5,8H,3,6-7,9H2,1-2H3. The quantitative estimate of drug-likeness (QED) is 0.786. The van der Waals surface area contributed by atoms with Crippen LogP contribution >= 0.6 is 11.8 Å². The number of thioether (sulfide) groups is 1. The van der Waals surface area contributed by atoms with Gasteiger partial charge in [0.1, 0.15) is 0 Å². The maximum atomic E-state index is 11.5. The van der Waals surface area contributed by atoms with Crippen molar-refractivity contribution >= 4 is 17.7 Å². The van der Waals surface area contributed by atoms with Crippen molar-refractivity contribution in [3.8, 4) is 11.5 Å². The highest BCUT2D eigenvalue weighted by Gasteiger charge is 2.12. The van der Waals surface area contributed by atoms with Crippen molar-refractivity contribution in [3.63, 3.8) is 0 Å². The predicted molar refractivity (Wildman–Crippen MR) is 71.5 cm³/mol. The molecule has 0 spiro atoms. The van der Waals surface area contributed by atoms with E-state index in [0.717, 1.165) is 22.8 Å². The average molecular weight is 267 g/mol. The number of rotatable bonds is 3. The lowest BCUT2D eigenvalue weighted by Crippen LogP contribution is -2.23. The van der Waals surface area contributed by atoms with Crippen molar-refractivity contribution in [2.45, 2.75) is 11.3 Å². The fraction of sp³-hybridized carbons (Fsp3) is 0.462. The SMILES string of the molecule is CN(C)C(=O)CSc1ccc2c(c1)OCCCO2. The average Bonchev–Trinajstić information content (AvgIpc) is 2.60. The molecular formula is C13H17NO3S. The molecule has 4 nitrogen and oxygen atoms in total. The molecule has 0 N–H and O–H groups in total. The lowest BCUT2D eigenvalue weighted by Gasteiger charge is -2.11. The summed E-state index contributed by atoms with van der Waals surface area (Å²) in [6, 6.07) is 5.80. The minimum Gasteiger partial charge on any atom is -0.490 e. The molecule has 0 aliphatic carbocycles. The molecule has 0 bridgehead atoms. The summed E-state index contributed by atoms with van der Waals surface area (Å²) in [5.41, 5.74) is 0. The second-order valence-corrected chi connectivity index (χ2v) is 5.28. The Hall–Kier alpha value is -1.36. The molecule has 1 aromatic carbocycles. The molecule has 1 amide bonds. The first-order valence-electron chi connectivity index (χ1n) is 5.89. The maximum absolute atomic E-state index is 11.5. The molecule has 5 heteroatoms. The lowest BCUT2D eigenvalue weighted by molar-refractivity contribution is -0.125. The Morgan fingerprint density at radius 2 is 2.00 bits per heavy atom. The highest BCUT2D eigenvalue weighted by Crippen LogP contribution is 2.33. The van der Waals surface area contributed by atoms with Gasteiger partial charge in [-0.15, -0.1) is 11.8 Å². The Bertz CT molecular complexity index is 434. The summed E-state index contributed by atoms with van der Waals surface area (Å²) in [4.78, 5) is 14.1. The summed E-state index contributed by atoms with van der Waals surface area (Å²) in [6.45, 7) is 1.37. The summed E-state index contributed by atoms with van der Waals surface area (Å²) in [5.74, 6) is 2.10. The van der Waals surface area contributed by atoms with Gasteiger partial charge in [-0.05, 0) is 18.2 Å². The summed E-state index contributed by atoms with van der Waals surface area (Å²) in [7, 11) is 3.52. The molecular weight excluding hydrogens is 250 g/mol. The second-order valence-electron chi connectivity index (χ2n) is 4.24. The molecule has 0 atom stereocenters. The third kappa shape index (κ3) is 3.32. The van der Waals surface area contributed by atoms with Crippen LogP contribution in [0.4, 0.5) is 0 Å². The molecule has 0 saturated carbocycles. The van der Waals surface area contributed by atoms with Crippen LogP contribution in [-0.4, -0.2) is 43.9 Å². The normalized spacial score (nSPS) is 13.9. The van der Waals surface area contributed by atoms with Gasteiger partial charge in [0.15, 0.2) is 11.5 Å². The molecule has 0 unspecified atom stereocenters. The Labute approximate surface area is 111 Å². The minimum absolute atomic E-state index is 0.104. The lowest BCUT2D eigenvalue weighted by atomic mass is 10.3. The summed E-state index contributed by atoms with van der Waals surface area (Å²) >= 11 is 1.51. The van der Waals surface area contributed by atoms with Gasteiger partial charge in [0.25, 0.3) is 0 Å². The van der Waals surface area contributed by atoms with Gasteiger partial charge < -0.3 is 14.4 Å². The van der Waals surface area contributed by atoms with E-state index in [1.54, 1.807) is 19.0 Å². The van der Waals surface area contributed by atoms with E-state index in [1.165, 1.54) is 11.8 Å². The molecule has 0 fully saturated rings. The number of carbonyl (C=O) groups is 1. The van der Waals surface area contributed by atoms with Gasteiger partial charge in [-0.25, -0.2) is 0 Å². The number of benzene rings is 1. The van der Waals surface area contributed by atoms with Gasteiger partial charge in [0.05, 0.1) is 19.0 Å². The smallest absolute Gasteiger partial charge is 0.232 e. The van der Waals surface area contributed by atoms with E-state index >= 15 is 0 Å². The maximum Gasteiger partial charge on any atom is 0.232 e. The first-order chi connectivity index (χ1) is 8.66. The van der Waals surface area contributed by atoms with Crippen molar-refractivity contribution in [2.75, 3.05) is 33.1 Å². The van der Waals surface area contributed by atoms with E-state index < -0.39 is 0 Å². The third-order valence-electron chi connectivity index (χ3n) is 2.58. The van der Waals surface area contributed by atoms with Crippen LogP contribution in [0, 0.1) is 0 Å². The first kappa shape index (κ1) is 13.1. The zero-order valence-electron chi connectivity index (χ0n) is 10.6. The van der Waals surface area contributed by atoms with Crippen molar-refractivity contribution in [2.24, 2.45) is 0 Å². The Kier molecular flexibility index (Phi) is 4.36. The van der Waals surface area contributed by atoms with Crippen LogP contribution in [0.15, 0.2) is 23.1 Å². The van der Waals surface area contributed by atoms with Gasteiger partial charge in [-0.3, -0.25) is 4.79 Å². The van der Waals surface area contributed by atoms with E-state index in [9.17, 15) is 4.79 Å². The molecule has 0 saturated heterocycles. The number of amides is 1. The molecule has 1 aliphatic heterocycles. The van der Waals surface area contributed by atoms with Gasteiger partial charge >= 0.3 is 0 Å². The molecule has 0 radical (unpaired) electrons. The van der Waals surface area contributed by atoms with Crippen LogP contribution in [0.2, 0.25) is 0 Å². The Morgan fingerprint density at radius 3 is 2.72 bits per heavy atom. The minimum atomic E-state index is 0.104. The van der Waals surface area contributed by atoms with Crippen molar-refractivity contribution in [1.29, 1.82) is 0 Å². The van der Waals surface area contributed by atoms with Crippen LogP contribution in [0.1, 0.15) is 6.42 Å². The zero-order chi connectivity index (χ0) is 13.0. The van der Waals surface area contributed by atoms with E-state index in [0.29, 0.717) is 19.0 Å². The molecule has 98 valence electrons. The molecule has 1 aliphatic rings. The largest absolute Gasteiger partial charge is 0.490 e. The zero-order valence-corrected chi connectivity index (χ0v) is 11.5. The van der Waals surface area contributed by atoms with Crippen molar-refractivity contribution in [1.82, 2.24) is 4.90 Å². The molecule has 1 heterocycles. The molecule has 2 rings (SSSR count). The van der Waals surface area contributed by atoms with Crippen LogP contribution in [-0.2, 0) is 4.79 Å². The summed E-state index contributed by atoms with van der Waals surface area (Å²) in [5, 5.41) is 0. The fourth-order valence-electron chi connectivity index (χ4n) is 1.51. The Balaban J connectivity index is 2.02. The number of hydrogen-bond acceptors (Lipinski definition) is 4. The number of nitrogens with zero attached hydrogens (tertiary/aromatic N) is 1. The second kappa shape index (κ2) is 6.00. The summed E-state index contributed by atoms with van der Waals surface area (Å²) < 4.78 is 11.2. The monoisotopic (exact) mass is 267 g/mol. The van der Waals surface area contributed by atoms with Gasteiger partial charge in [-0.1, -0.05) is 0 Å². The molecule has 1 aromatic rings. The van der Waals surface area contributed by atoms with Crippen LogP contribution in [0.5, 0.6) is 11.5 Å². The Morgan fingerprint density at radius 1 is 1.28 bits per heavy atom. The van der Waals surface area contributed by atoms with Crippen molar-refractivity contribution < 1.29 is 14.3 Å². The fourth-order valence-corrected chi connectivity index (χ4v) is 2.41. The van der Waals surface area contributed by atoms with Crippen LogP contribution in [0.3, 0.4) is 0 Å². The van der Waals surface area contributed by atoms with E-state index in [2.05, 4.69) is 0 Å². The number of hydrogen-bond donors (Lipinski definition) is 0. The number of carbonyl (C=O) groups excluding carboxylic acids is 1. The number of ether oxygens (including phenoxy) is 2. The van der Waals surface area contributed by atoms with E-state index in [1.807, 2.05) is 18.2 Å². The van der Waals surface area contributed by atoms with Gasteiger partial charge in [-0.2, -0.15) is 0 Å². The summed E-state index contributed by atoms with van der Waals surface area (Å²) in [6.07, 6.45) is 0.899. The van der Waals surface area contributed by atoms with Gasteiger partial charge in [0.2, 0.25) is 5.91 Å². The van der Waals surface area contributed by atoms with Crippen LogP contribution in [0.25, 0.3) is 0 Å². The van der Waals surface area contributed by atoms with Gasteiger partial charge in [0, 0.05) is 25.4 Å². The van der Waals surface area contributed by atoms with E-state index in [-0.39, 0.29) is 5.91 Å². The highest BCUT2D eigenvalue weighted by molar-refractivity contribution is 8.00. The topological polar surface area (TPSA) is 38.8 Å². The van der Waals surface area contributed by atoms with E-state index in [4.69, 9.17) is 9.47 Å². The van der Waals surface area contributed by atoms with Crippen LogP contribution < -0.4 is 9.47 Å². The highest BCUT2D eigenvalue weighted by atomic mass is 32.2. The first-order valence-corrected chi connectivity index (χ1v) is 6.88. The predicted octanol–water partition coefficient (Wildman–Crippen LogP) is 2.03. The molecule has 18 heavy (non-hydrogen) atoms. The van der Waals surface area contributed by atoms with Crippen molar-refractivity contribution in [3.05, 3.63) is 18.2 Å². The molecule has 0 aromatic heterocycles. The third-order valence-corrected chi connectivity index (χ3v) is 3.56.